The molecule has 6 nitrogen and oxygen atoms in total. The summed E-state index contributed by atoms with van der Waals surface area (Å²) >= 11 is 0. The van der Waals surface area contributed by atoms with Crippen LogP contribution in [0.4, 0.5) is 10.5 Å². The molecular weight excluding hydrogens is 594 g/mol. The number of alkyl carbamates (subject to hydrolysis) is 1. The van der Waals surface area contributed by atoms with Crippen LogP contribution in [-0.4, -0.2) is 43.6 Å². The van der Waals surface area contributed by atoms with E-state index in [9.17, 15) is 9.59 Å². The lowest BCUT2D eigenvalue weighted by atomic mass is 9.97. The Morgan fingerprint density at radius 3 is 2.33 bits per heavy atom. The molecule has 0 spiro atoms. The zero-order valence-corrected chi connectivity index (χ0v) is 28.9. The maximum absolute atomic E-state index is 13.0. The van der Waals surface area contributed by atoms with Crippen LogP contribution < -0.4 is 10.6 Å². The molecule has 4 rings (SSSR count). The Morgan fingerprint density at radius 1 is 0.812 bits per heavy atom. The minimum Gasteiger partial charge on any atom is -0.445 e. The van der Waals surface area contributed by atoms with Crippen molar-refractivity contribution < 1.29 is 14.3 Å². The second kappa shape index (κ2) is 19.9. The first-order valence-electron chi connectivity index (χ1n) is 17.4. The third-order valence-electron chi connectivity index (χ3n) is 8.48. The van der Waals surface area contributed by atoms with Crippen molar-refractivity contribution in [2.24, 2.45) is 5.92 Å². The van der Waals surface area contributed by atoms with Crippen LogP contribution in [-0.2, 0) is 29.0 Å². The molecule has 0 saturated heterocycles. The van der Waals surface area contributed by atoms with Gasteiger partial charge in [-0.3, -0.25) is 4.79 Å². The topological polar surface area (TPSA) is 70.7 Å². The summed E-state index contributed by atoms with van der Waals surface area (Å²) in [7, 11) is 2.22. The highest BCUT2D eigenvalue weighted by molar-refractivity contribution is 5.92. The van der Waals surface area contributed by atoms with Gasteiger partial charge in [-0.1, -0.05) is 112 Å². The summed E-state index contributed by atoms with van der Waals surface area (Å²) in [6, 6.07) is 30.4. The smallest absolute Gasteiger partial charge is 0.407 e. The Bertz CT molecular complexity index is 1640. The standard InChI is InChI=1S/C42H51N3O3/c1-4-5-6-12-27-45(3)28-13-17-34-20-24-40(25-21-34)44-41(46)33(2)29-37-19-23-38-30-35(18-22-39(38)31-37)14-10-11-26-43-42(47)48-32-36-15-8-7-9-16-36/h7-9,15-16,18-25,30-31,33H,4-6,11-13,17,26-29,32H2,1-3H3,(H,43,47)(H,44,46)/t33-/m0/s1. The van der Waals surface area contributed by atoms with Crippen molar-refractivity contribution in [3.8, 4) is 11.8 Å². The number of amides is 2. The lowest BCUT2D eigenvalue weighted by Crippen LogP contribution is -2.24. The minimum atomic E-state index is -0.444. The molecule has 0 saturated carbocycles. The quantitative estimate of drug-likeness (QED) is 0.0890. The number of carbonyl (C=O) groups excluding carboxylic acids is 2. The van der Waals surface area contributed by atoms with Crippen LogP contribution in [0.1, 0.15) is 74.6 Å². The van der Waals surface area contributed by atoms with Gasteiger partial charge in [0.05, 0.1) is 0 Å². The number of fused-ring (bicyclic) bond motifs is 1. The number of aryl methyl sites for hydroxylation is 1. The predicted molar refractivity (Wildman–Crippen MR) is 198 cm³/mol. The van der Waals surface area contributed by atoms with E-state index in [2.05, 4.69) is 83.8 Å². The first-order valence-corrected chi connectivity index (χ1v) is 17.4. The molecule has 0 aromatic heterocycles. The van der Waals surface area contributed by atoms with Crippen LogP contribution in [0.3, 0.4) is 0 Å². The SMILES string of the molecule is CCCCCCN(C)CCCc1ccc(NC(=O)[C@@H](C)Cc2ccc3cc(C#CCCNC(=O)OCc4ccccc4)ccc3c2)cc1. The average Bonchev–Trinajstić information content (AvgIpc) is 3.10. The molecule has 48 heavy (non-hydrogen) atoms. The highest BCUT2D eigenvalue weighted by Gasteiger charge is 2.14. The van der Waals surface area contributed by atoms with Crippen molar-refractivity contribution >= 4 is 28.5 Å². The number of hydrogen-bond acceptors (Lipinski definition) is 4. The van der Waals surface area contributed by atoms with Crippen molar-refractivity contribution in [1.82, 2.24) is 10.2 Å². The Morgan fingerprint density at radius 2 is 1.54 bits per heavy atom. The van der Waals surface area contributed by atoms with Gasteiger partial charge in [0.1, 0.15) is 6.61 Å². The molecule has 0 unspecified atom stereocenters. The third-order valence-corrected chi connectivity index (χ3v) is 8.48. The maximum Gasteiger partial charge on any atom is 0.407 e. The van der Waals surface area contributed by atoms with Crippen molar-refractivity contribution in [3.05, 3.63) is 113 Å². The van der Waals surface area contributed by atoms with E-state index in [1.54, 1.807) is 0 Å². The van der Waals surface area contributed by atoms with Gasteiger partial charge in [-0.15, -0.1) is 0 Å². The van der Waals surface area contributed by atoms with Crippen LogP contribution in [0.5, 0.6) is 0 Å². The molecular formula is C42H51N3O3. The van der Waals surface area contributed by atoms with Crippen LogP contribution in [0.15, 0.2) is 91.0 Å². The van der Waals surface area contributed by atoms with Crippen molar-refractivity contribution in [2.75, 3.05) is 32.0 Å². The first-order chi connectivity index (χ1) is 23.4. The molecule has 2 amide bonds. The summed E-state index contributed by atoms with van der Waals surface area (Å²) in [4.78, 5) is 27.3. The van der Waals surface area contributed by atoms with Gasteiger partial charge in [0, 0.05) is 30.1 Å². The summed E-state index contributed by atoms with van der Waals surface area (Å²) in [5.41, 5.74) is 5.14. The maximum atomic E-state index is 13.0. The molecule has 6 heteroatoms. The van der Waals surface area contributed by atoms with Gasteiger partial charge >= 0.3 is 6.09 Å². The van der Waals surface area contributed by atoms with E-state index in [4.69, 9.17) is 4.74 Å². The van der Waals surface area contributed by atoms with E-state index in [0.29, 0.717) is 19.4 Å². The molecule has 0 radical (unpaired) electrons. The fourth-order valence-electron chi connectivity index (χ4n) is 5.61. The number of benzene rings is 4. The van der Waals surface area contributed by atoms with Crippen LogP contribution in [0.25, 0.3) is 10.8 Å². The van der Waals surface area contributed by atoms with E-state index in [1.807, 2.05) is 55.5 Å². The highest BCUT2D eigenvalue weighted by atomic mass is 16.5. The number of rotatable bonds is 17. The summed E-state index contributed by atoms with van der Waals surface area (Å²) in [5.74, 6) is 6.17. The van der Waals surface area contributed by atoms with E-state index in [0.717, 1.165) is 52.5 Å². The molecule has 252 valence electrons. The molecule has 2 N–H and O–H groups in total. The third kappa shape index (κ3) is 12.9. The van der Waals surface area contributed by atoms with Crippen LogP contribution >= 0.6 is 0 Å². The molecule has 0 aliphatic carbocycles. The van der Waals surface area contributed by atoms with Crippen molar-refractivity contribution in [1.29, 1.82) is 0 Å². The van der Waals surface area contributed by atoms with E-state index in [-0.39, 0.29) is 18.4 Å². The molecule has 0 fully saturated rings. The first kappa shape index (κ1) is 36.2. The second-order valence-electron chi connectivity index (χ2n) is 12.7. The lowest BCUT2D eigenvalue weighted by Gasteiger charge is -2.16. The highest BCUT2D eigenvalue weighted by Crippen LogP contribution is 2.21. The Labute approximate surface area is 287 Å². The van der Waals surface area contributed by atoms with Gasteiger partial charge in [0.2, 0.25) is 5.91 Å². The molecule has 4 aromatic rings. The predicted octanol–water partition coefficient (Wildman–Crippen LogP) is 8.77. The zero-order valence-electron chi connectivity index (χ0n) is 28.9. The van der Waals surface area contributed by atoms with Gasteiger partial charge in [-0.2, -0.15) is 0 Å². The van der Waals surface area contributed by atoms with Gasteiger partial charge in [-0.25, -0.2) is 4.79 Å². The number of hydrogen-bond donors (Lipinski definition) is 2. The Hall–Kier alpha value is -4.60. The number of unbranched alkanes of at least 4 members (excludes halogenated alkanes) is 3. The van der Waals surface area contributed by atoms with Crippen LogP contribution in [0.2, 0.25) is 0 Å². The molecule has 0 aliphatic heterocycles. The summed E-state index contributed by atoms with van der Waals surface area (Å²) in [6.45, 7) is 7.18. The second-order valence-corrected chi connectivity index (χ2v) is 12.7. The summed E-state index contributed by atoms with van der Waals surface area (Å²) < 4.78 is 5.23. The van der Waals surface area contributed by atoms with Crippen molar-refractivity contribution in [2.45, 2.75) is 71.8 Å². The zero-order chi connectivity index (χ0) is 34.0. The van der Waals surface area contributed by atoms with Gasteiger partial charge in [-0.05, 0) is 97.5 Å². The van der Waals surface area contributed by atoms with E-state index in [1.165, 1.54) is 37.8 Å². The molecule has 0 heterocycles. The molecule has 1 atom stereocenters. The average molecular weight is 646 g/mol. The van der Waals surface area contributed by atoms with Gasteiger partial charge in [0.15, 0.2) is 0 Å². The van der Waals surface area contributed by atoms with Crippen molar-refractivity contribution in [3.63, 3.8) is 0 Å². The Balaban J connectivity index is 1.17. The van der Waals surface area contributed by atoms with Crippen LogP contribution in [0, 0.1) is 17.8 Å². The van der Waals surface area contributed by atoms with E-state index >= 15 is 0 Å². The van der Waals surface area contributed by atoms with E-state index < -0.39 is 6.09 Å². The lowest BCUT2D eigenvalue weighted by molar-refractivity contribution is -0.119. The Kier molecular flexibility index (Phi) is 15.0. The monoisotopic (exact) mass is 645 g/mol. The van der Waals surface area contributed by atoms with Gasteiger partial charge < -0.3 is 20.3 Å². The number of anilines is 1. The molecule has 0 aliphatic rings. The number of carbonyl (C=O) groups is 2. The molecule has 0 bridgehead atoms. The fraction of sp³-hybridized carbons (Fsp3) is 0.381. The number of nitrogens with zero attached hydrogens (tertiary/aromatic N) is 1. The van der Waals surface area contributed by atoms with Gasteiger partial charge in [0.25, 0.3) is 0 Å². The molecule has 4 aromatic carbocycles. The summed E-state index contributed by atoms with van der Waals surface area (Å²) in [5, 5.41) is 8.05. The fourth-order valence-corrected chi connectivity index (χ4v) is 5.61. The minimum absolute atomic E-state index is 0.0251. The number of ether oxygens (including phenoxy) is 1. The summed E-state index contributed by atoms with van der Waals surface area (Å²) in [6.07, 6.45) is 8.15. The number of nitrogens with one attached hydrogen (secondary N) is 2. The largest absolute Gasteiger partial charge is 0.445 e. The normalized spacial score (nSPS) is 11.5.